The van der Waals surface area contributed by atoms with Gasteiger partial charge in [-0.15, -0.1) is 0 Å². The first kappa shape index (κ1) is 22.9. The van der Waals surface area contributed by atoms with Crippen molar-refractivity contribution in [3.63, 3.8) is 0 Å². The van der Waals surface area contributed by atoms with Crippen molar-refractivity contribution in [2.45, 2.75) is 38.5 Å². The van der Waals surface area contributed by atoms with Crippen LogP contribution >= 0.6 is 0 Å². The summed E-state index contributed by atoms with van der Waals surface area (Å²) in [7, 11) is 0. The van der Waals surface area contributed by atoms with Gasteiger partial charge in [-0.1, -0.05) is 30.3 Å². The van der Waals surface area contributed by atoms with Gasteiger partial charge in [0.2, 0.25) is 0 Å². The van der Waals surface area contributed by atoms with E-state index in [-0.39, 0.29) is 24.0 Å². The zero-order valence-corrected chi connectivity index (χ0v) is 19.5. The Bertz CT molecular complexity index is 1240. The Kier molecular flexibility index (Phi) is 6.42. The van der Waals surface area contributed by atoms with Crippen LogP contribution in [0.2, 0.25) is 0 Å². The highest BCUT2D eigenvalue weighted by Gasteiger charge is 2.48. The van der Waals surface area contributed by atoms with Gasteiger partial charge in [0.15, 0.2) is 0 Å². The van der Waals surface area contributed by atoms with Gasteiger partial charge in [0.25, 0.3) is 11.7 Å². The van der Waals surface area contributed by atoms with Gasteiger partial charge >= 0.3 is 0 Å². The maximum Gasteiger partial charge on any atom is 0.295 e. The molecule has 2 aliphatic rings. The number of Topliss-reactive ketones (excluding diaryl/α,β-unsaturated/α-hetero) is 1. The van der Waals surface area contributed by atoms with Gasteiger partial charge < -0.3 is 23.9 Å². The highest BCUT2D eigenvalue weighted by molar-refractivity contribution is 6.46. The SMILES string of the molecule is Cc1cc(/C(O)=C2/C(=O)C(=O)N(CC3CCCO3)C2c2ccco2)ccc1OCc1ccccc1. The van der Waals surface area contributed by atoms with Gasteiger partial charge in [-0.05, 0) is 61.2 Å². The fraction of sp³-hybridized carbons (Fsp3) is 0.286. The van der Waals surface area contributed by atoms with E-state index in [0.717, 1.165) is 24.0 Å². The maximum atomic E-state index is 13.1. The van der Waals surface area contributed by atoms with Crippen LogP contribution in [-0.4, -0.2) is 41.0 Å². The predicted octanol–water partition coefficient (Wildman–Crippen LogP) is 4.77. The third kappa shape index (κ3) is 4.59. The van der Waals surface area contributed by atoms with Crippen molar-refractivity contribution in [3.8, 4) is 5.75 Å². The van der Waals surface area contributed by atoms with Gasteiger partial charge in [-0.25, -0.2) is 0 Å². The standard InChI is InChI=1S/C28H27NO6/c1-18-15-20(11-12-22(18)35-17-19-7-3-2-4-8-19)26(30)24-25(23-10-6-14-34-23)29(28(32)27(24)31)16-21-9-5-13-33-21/h2-4,6-8,10-12,14-15,21,25,30H,5,9,13,16-17H2,1H3/b26-24-. The summed E-state index contributed by atoms with van der Waals surface area (Å²) in [5.41, 5.74) is 2.29. The summed E-state index contributed by atoms with van der Waals surface area (Å²) in [6.07, 6.45) is 3.08. The van der Waals surface area contributed by atoms with E-state index in [4.69, 9.17) is 13.9 Å². The fourth-order valence-corrected chi connectivity index (χ4v) is 4.67. The van der Waals surface area contributed by atoms with Gasteiger partial charge in [0, 0.05) is 18.7 Å². The molecule has 2 aromatic carbocycles. The quantitative estimate of drug-likeness (QED) is 0.302. The minimum Gasteiger partial charge on any atom is -0.507 e. The molecule has 0 bridgehead atoms. The number of carbonyl (C=O) groups is 2. The summed E-state index contributed by atoms with van der Waals surface area (Å²) < 4.78 is 17.2. The summed E-state index contributed by atoms with van der Waals surface area (Å²) in [5, 5.41) is 11.2. The van der Waals surface area contributed by atoms with Gasteiger partial charge in [0.1, 0.15) is 29.9 Å². The predicted molar refractivity (Wildman–Crippen MR) is 129 cm³/mol. The number of amides is 1. The second-order valence-electron chi connectivity index (χ2n) is 8.86. The number of furan rings is 1. The van der Waals surface area contributed by atoms with Crippen molar-refractivity contribution in [1.29, 1.82) is 0 Å². The Balaban J connectivity index is 1.45. The normalized spacial score (nSPS) is 21.6. The molecule has 0 saturated carbocycles. The first-order valence-electron chi connectivity index (χ1n) is 11.7. The minimum absolute atomic E-state index is 0.0142. The third-order valence-corrected chi connectivity index (χ3v) is 6.46. The van der Waals surface area contributed by atoms with Gasteiger partial charge in [-0.2, -0.15) is 0 Å². The topological polar surface area (TPSA) is 89.2 Å². The second kappa shape index (κ2) is 9.80. The first-order valence-corrected chi connectivity index (χ1v) is 11.7. The number of hydrogen-bond acceptors (Lipinski definition) is 6. The lowest BCUT2D eigenvalue weighted by Gasteiger charge is -2.25. The molecule has 0 radical (unpaired) electrons. The van der Waals surface area contributed by atoms with Gasteiger partial charge in [0.05, 0.1) is 17.9 Å². The average molecular weight is 474 g/mol. The number of benzene rings is 2. The van der Waals surface area contributed by atoms with Crippen molar-refractivity contribution in [3.05, 3.63) is 95.0 Å². The fourth-order valence-electron chi connectivity index (χ4n) is 4.67. The van der Waals surface area contributed by atoms with Crippen LogP contribution in [0, 0.1) is 6.92 Å². The molecule has 2 aliphatic heterocycles. The Morgan fingerprint density at radius 2 is 1.94 bits per heavy atom. The molecule has 3 heterocycles. The van der Waals surface area contributed by atoms with Crippen LogP contribution in [0.3, 0.4) is 0 Å². The molecule has 2 fully saturated rings. The summed E-state index contributed by atoms with van der Waals surface area (Å²) in [6, 6.07) is 17.6. The van der Waals surface area contributed by atoms with Crippen molar-refractivity contribution >= 4 is 17.4 Å². The molecule has 3 aromatic rings. The molecule has 35 heavy (non-hydrogen) atoms. The van der Waals surface area contributed by atoms with Crippen molar-refractivity contribution in [2.75, 3.05) is 13.2 Å². The number of ether oxygens (including phenoxy) is 2. The lowest BCUT2D eigenvalue weighted by molar-refractivity contribution is -0.141. The van der Waals surface area contributed by atoms with Crippen LogP contribution in [0.5, 0.6) is 5.75 Å². The average Bonchev–Trinajstić information content (AvgIpc) is 3.63. The van der Waals surface area contributed by atoms with E-state index in [2.05, 4.69) is 0 Å². The number of likely N-dealkylation sites (tertiary alicyclic amines) is 1. The van der Waals surface area contributed by atoms with Crippen LogP contribution < -0.4 is 4.74 Å². The van der Waals surface area contributed by atoms with Crippen molar-refractivity contribution in [2.24, 2.45) is 0 Å². The Morgan fingerprint density at radius 1 is 1.11 bits per heavy atom. The van der Waals surface area contributed by atoms with E-state index in [1.54, 1.807) is 30.3 Å². The molecular weight excluding hydrogens is 446 g/mol. The highest BCUT2D eigenvalue weighted by Crippen LogP contribution is 2.40. The number of aliphatic hydroxyl groups excluding tert-OH is 1. The maximum absolute atomic E-state index is 13.1. The smallest absolute Gasteiger partial charge is 0.295 e. The molecule has 5 rings (SSSR count). The third-order valence-electron chi connectivity index (χ3n) is 6.46. The lowest BCUT2D eigenvalue weighted by atomic mass is 9.98. The van der Waals surface area contributed by atoms with E-state index in [1.165, 1.54) is 11.2 Å². The van der Waals surface area contributed by atoms with Crippen LogP contribution in [0.25, 0.3) is 5.76 Å². The zero-order valence-electron chi connectivity index (χ0n) is 19.5. The molecule has 2 unspecified atom stereocenters. The van der Waals surface area contributed by atoms with Crippen LogP contribution in [-0.2, 0) is 20.9 Å². The molecular formula is C28H27NO6. The monoisotopic (exact) mass is 473 g/mol. The molecule has 7 heteroatoms. The summed E-state index contributed by atoms with van der Waals surface area (Å²) in [5.74, 6) is -0.542. The lowest BCUT2D eigenvalue weighted by Crippen LogP contribution is -2.36. The number of carbonyl (C=O) groups excluding carboxylic acids is 2. The van der Waals surface area contributed by atoms with E-state index in [0.29, 0.717) is 30.3 Å². The Labute approximate surface area is 203 Å². The van der Waals surface area contributed by atoms with E-state index >= 15 is 0 Å². The minimum atomic E-state index is -0.816. The molecule has 0 spiro atoms. The Morgan fingerprint density at radius 3 is 2.63 bits per heavy atom. The molecule has 0 aliphatic carbocycles. The second-order valence-corrected chi connectivity index (χ2v) is 8.86. The summed E-state index contributed by atoms with van der Waals surface area (Å²) in [4.78, 5) is 27.6. The number of nitrogens with zero attached hydrogens (tertiary/aromatic N) is 1. The van der Waals surface area contributed by atoms with Crippen LogP contribution in [0.15, 0.2) is 76.9 Å². The highest BCUT2D eigenvalue weighted by atomic mass is 16.5. The molecule has 7 nitrogen and oxygen atoms in total. The number of aryl methyl sites for hydroxylation is 1. The molecule has 1 N–H and O–H groups in total. The number of rotatable bonds is 7. The molecule has 2 atom stereocenters. The van der Waals surface area contributed by atoms with Crippen molar-refractivity contribution < 1.29 is 28.6 Å². The zero-order chi connectivity index (χ0) is 24.4. The van der Waals surface area contributed by atoms with Crippen molar-refractivity contribution in [1.82, 2.24) is 4.90 Å². The summed E-state index contributed by atoms with van der Waals surface area (Å²) in [6.45, 7) is 3.19. The van der Waals surface area contributed by atoms with Crippen LogP contribution in [0.1, 0.15) is 41.3 Å². The number of hydrogen-bond donors (Lipinski definition) is 1. The first-order chi connectivity index (χ1) is 17.0. The number of aliphatic hydroxyl groups is 1. The molecule has 1 amide bonds. The summed E-state index contributed by atoms with van der Waals surface area (Å²) >= 11 is 0. The van der Waals surface area contributed by atoms with Gasteiger partial charge in [-0.3, -0.25) is 9.59 Å². The van der Waals surface area contributed by atoms with E-state index < -0.39 is 17.7 Å². The Hall–Kier alpha value is -3.84. The van der Waals surface area contributed by atoms with E-state index in [9.17, 15) is 14.7 Å². The molecule has 1 aromatic heterocycles. The van der Waals surface area contributed by atoms with E-state index in [1.807, 2.05) is 37.3 Å². The van der Waals surface area contributed by atoms with Crippen LogP contribution in [0.4, 0.5) is 0 Å². The molecule has 180 valence electrons. The molecule has 2 saturated heterocycles. The largest absolute Gasteiger partial charge is 0.507 e. The number of ketones is 1.